The van der Waals surface area contributed by atoms with Crippen molar-refractivity contribution in [2.24, 2.45) is 5.73 Å². The van der Waals surface area contributed by atoms with Crippen molar-refractivity contribution >= 4 is 29.1 Å². The molecule has 2 amide bonds. The van der Waals surface area contributed by atoms with Crippen LogP contribution in [-0.4, -0.2) is 50.6 Å². The second-order valence-electron chi connectivity index (χ2n) is 4.77. The molecule has 0 fully saturated rings. The van der Waals surface area contributed by atoms with Gasteiger partial charge in [-0.05, 0) is 24.6 Å². The Morgan fingerprint density at radius 2 is 2.10 bits per heavy atom. The zero-order valence-electron chi connectivity index (χ0n) is 12.4. The summed E-state index contributed by atoms with van der Waals surface area (Å²) in [6.07, 6.45) is 0.416. The lowest BCUT2D eigenvalue weighted by atomic mass is 10.1. The largest absolute Gasteiger partial charge is 0.385 e. The Morgan fingerprint density at radius 1 is 1.43 bits per heavy atom. The number of nitrogens with one attached hydrogen (secondary N) is 1. The highest BCUT2D eigenvalue weighted by atomic mass is 35.5. The lowest BCUT2D eigenvalue weighted by molar-refractivity contribution is -0.117. The van der Waals surface area contributed by atoms with Gasteiger partial charge in [0.1, 0.15) is 0 Å². The highest BCUT2D eigenvalue weighted by molar-refractivity contribution is 6.34. The summed E-state index contributed by atoms with van der Waals surface area (Å²) in [6, 6.07) is 4.05. The van der Waals surface area contributed by atoms with E-state index in [4.69, 9.17) is 22.1 Å². The minimum Gasteiger partial charge on any atom is -0.385 e. The van der Waals surface area contributed by atoms with E-state index in [9.17, 15) is 9.59 Å². The molecular weight excluding hydrogens is 294 g/mol. The van der Waals surface area contributed by atoms with Crippen LogP contribution in [0.25, 0.3) is 0 Å². The van der Waals surface area contributed by atoms with Gasteiger partial charge in [-0.1, -0.05) is 11.6 Å². The number of methoxy groups -OCH3 is 1. The van der Waals surface area contributed by atoms with Crippen molar-refractivity contribution in [2.45, 2.75) is 12.5 Å². The smallest absolute Gasteiger partial charge is 0.254 e. The third-order valence-corrected chi connectivity index (χ3v) is 3.17. The molecule has 0 saturated carbocycles. The summed E-state index contributed by atoms with van der Waals surface area (Å²) in [5.74, 6) is -0.572. The SMILES string of the molecule is COCCC(N)C(=O)Nc1ccc(Cl)c(C(=O)N(C)C)c1. The van der Waals surface area contributed by atoms with Crippen molar-refractivity contribution in [1.82, 2.24) is 4.90 Å². The maximum atomic E-state index is 12.0. The number of ether oxygens (including phenoxy) is 1. The number of nitrogens with two attached hydrogens (primary N) is 1. The Morgan fingerprint density at radius 3 is 2.67 bits per heavy atom. The molecule has 0 aliphatic heterocycles. The summed E-state index contributed by atoms with van der Waals surface area (Å²) in [7, 11) is 4.80. The average Bonchev–Trinajstić information content (AvgIpc) is 2.45. The quantitative estimate of drug-likeness (QED) is 0.830. The molecule has 6 nitrogen and oxygen atoms in total. The second-order valence-corrected chi connectivity index (χ2v) is 5.18. The minimum atomic E-state index is -0.673. The Bertz CT molecular complexity index is 520. The van der Waals surface area contributed by atoms with E-state index >= 15 is 0 Å². The zero-order valence-corrected chi connectivity index (χ0v) is 13.1. The number of nitrogens with zero attached hydrogens (tertiary/aromatic N) is 1. The first-order valence-electron chi connectivity index (χ1n) is 6.43. The highest BCUT2D eigenvalue weighted by Gasteiger charge is 2.16. The van der Waals surface area contributed by atoms with Crippen LogP contribution in [0.1, 0.15) is 16.8 Å². The van der Waals surface area contributed by atoms with Gasteiger partial charge in [0.15, 0.2) is 0 Å². The van der Waals surface area contributed by atoms with E-state index in [0.29, 0.717) is 29.3 Å². The monoisotopic (exact) mass is 313 g/mol. The van der Waals surface area contributed by atoms with Crippen molar-refractivity contribution in [3.05, 3.63) is 28.8 Å². The number of amides is 2. The molecule has 0 saturated heterocycles. The molecular formula is C14H20ClN3O3. The van der Waals surface area contributed by atoms with Crippen LogP contribution in [-0.2, 0) is 9.53 Å². The molecule has 0 bridgehead atoms. The van der Waals surface area contributed by atoms with Gasteiger partial charge in [0.25, 0.3) is 5.91 Å². The lowest BCUT2D eigenvalue weighted by Crippen LogP contribution is -2.36. The van der Waals surface area contributed by atoms with Gasteiger partial charge in [-0.15, -0.1) is 0 Å². The van der Waals surface area contributed by atoms with Crippen molar-refractivity contribution in [2.75, 3.05) is 33.1 Å². The first kappa shape index (κ1) is 17.4. The summed E-state index contributed by atoms with van der Waals surface area (Å²) < 4.78 is 4.88. The van der Waals surface area contributed by atoms with Crippen LogP contribution < -0.4 is 11.1 Å². The molecule has 1 atom stereocenters. The molecule has 1 aromatic carbocycles. The van der Waals surface area contributed by atoms with Gasteiger partial charge in [-0.25, -0.2) is 0 Å². The summed E-state index contributed by atoms with van der Waals surface area (Å²) in [4.78, 5) is 25.3. The zero-order chi connectivity index (χ0) is 16.0. The normalized spacial score (nSPS) is 11.9. The number of hydrogen-bond donors (Lipinski definition) is 2. The van der Waals surface area contributed by atoms with Gasteiger partial charge < -0.3 is 20.7 Å². The number of carbonyl (C=O) groups excluding carboxylic acids is 2. The fourth-order valence-corrected chi connectivity index (χ4v) is 1.82. The number of carbonyl (C=O) groups is 2. The molecule has 0 radical (unpaired) electrons. The minimum absolute atomic E-state index is 0.236. The van der Waals surface area contributed by atoms with Crippen LogP contribution in [0.4, 0.5) is 5.69 Å². The molecule has 21 heavy (non-hydrogen) atoms. The van der Waals surface area contributed by atoms with Gasteiger partial charge in [-0.3, -0.25) is 9.59 Å². The Labute approximate surface area is 129 Å². The highest BCUT2D eigenvalue weighted by Crippen LogP contribution is 2.21. The van der Waals surface area contributed by atoms with Crippen LogP contribution in [0.3, 0.4) is 0 Å². The third-order valence-electron chi connectivity index (χ3n) is 2.84. The standard InChI is InChI=1S/C14H20ClN3O3/c1-18(2)14(20)10-8-9(4-5-11(10)15)17-13(19)12(16)6-7-21-3/h4-5,8,12H,6-7,16H2,1-3H3,(H,17,19). The van der Waals surface area contributed by atoms with E-state index in [1.807, 2.05) is 0 Å². The molecule has 0 spiro atoms. The molecule has 1 unspecified atom stereocenters. The first-order chi connectivity index (χ1) is 9.86. The molecule has 0 aromatic heterocycles. The molecule has 7 heteroatoms. The Hall–Kier alpha value is -1.63. The van der Waals surface area contributed by atoms with Crippen LogP contribution in [0.5, 0.6) is 0 Å². The van der Waals surface area contributed by atoms with Crippen molar-refractivity contribution in [1.29, 1.82) is 0 Å². The van der Waals surface area contributed by atoms with Crippen LogP contribution in [0.15, 0.2) is 18.2 Å². The number of rotatable bonds is 6. The lowest BCUT2D eigenvalue weighted by Gasteiger charge is -2.15. The fraction of sp³-hybridized carbons (Fsp3) is 0.429. The number of hydrogen-bond acceptors (Lipinski definition) is 4. The molecule has 0 aliphatic carbocycles. The van der Waals surface area contributed by atoms with Gasteiger partial charge >= 0.3 is 0 Å². The maximum Gasteiger partial charge on any atom is 0.254 e. The van der Waals surface area contributed by atoms with Crippen molar-refractivity contribution in [3.63, 3.8) is 0 Å². The van der Waals surface area contributed by atoms with E-state index in [2.05, 4.69) is 5.32 Å². The number of benzene rings is 1. The maximum absolute atomic E-state index is 12.0. The molecule has 0 aliphatic rings. The van der Waals surface area contributed by atoms with Gasteiger partial charge in [0, 0.05) is 33.5 Å². The first-order valence-corrected chi connectivity index (χ1v) is 6.81. The number of anilines is 1. The van der Waals surface area contributed by atoms with Crippen molar-refractivity contribution in [3.8, 4) is 0 Å². The third kappa shape index (κ3) is 5.00. The van der Waals surface area contributed by atoms with Crippen molar-refractivity contribution < 1.29 is 14.3 Å². The topological polar surface area (TPSA) is 84.7 Å². The summed E-state index contributed by atoms with van der Waals surface area (Å²) >= 11 is 6.00. The van der Waals surface area contributed by atoms with Gasteiger partial charge in [-0.2, -0.15) is 0 Å². The van der Waals surface area contributed by atoms with E-state index in [-0.39, 0.29) is 11.8 Å². The molecule has 0 heterocycles. The molecule has 1 aromatic rings. The van der Waals surface area contributed by atoms with E-state index in [1.54, 1.807) is 33.3 Å². The average molecular weight is 314 g/mol. The van der Waals surface area contributed by atoms with E-state index in [1.165, 1.54) is 11.0 Å². The summed E-state index contributed by atoms with van der Waals surface area (Å²) in [5, 5.41) is 2.99. The Kier molecular flexibility index (Phi) is 6.61. The van der Waals surface area contributed by atoms with E-state index < -0.39 is 6.04 Å². The van der Waals surface area contributed by atoms with Crippen LogP contribution >= 0.6 is 11.6 Å². The fourth-order valence-electron chi connectivity index (χ4n) is 1.62. The second kappa shape index (κ2) is 7.97. The van der Waals surface area contributed by atoms with Crippen LogP contribution in [0, 0.1) is 0 Å². The predicted molar refractivity (Wildman–Crippen MR) is 82.6 cm³/mol. The van der Waals surface area contributed by atoms with Crippen LogP contribution in [0.2, 0.25) is 5.02 Å². The van der Waals surface area contributed by atoms with Gasteiger partial charge in [0.2, 0.25) is 5.91 Å². The summed E-state index contributed by atoms with van der Waals surface area (Å²) in [6.45, 7) is 0.402. The molecule has 3 N–H and O–H groups in total. The Balaban J connectivity index is 2.83. The summed E-state index contributed by atoms with van der Waals surface area (Å²) in [5.41, 5.74) is 6.53. The molecule has 116 valence electrons. The predicted octanol–water partition coefficient (Wildman–Crippen LogP) is 1.34. The van der Waals surface area contributed by atoms with E-state index in [0.717, 1.165) is 0 Å². The van der Waals surface area contributed by atoms with Gasteiger partial charge in [0.05, 0.1) is 16.6 Å². The number of halogens is 1. The molecule has 1 rings (SSSR count).